The first-order valence-corrected chi connectivity index (χ1v) is 7.43. The third kappa shape index (κ3) is 4.45. The maximum absolute atomic E-state index is 11.9. The van der Waals surface area contributed by atoms with Crippen molar-refractivity contribution in [2.45, 2.75) is 12.8 Å². The molecule has 9 heteroatoms. The van der Waals surface area contributed by atoms with E-state index in [2.05, 4.69) is 10.4 Å². The molecule has 1 N–H and O–H groups in total. The molecule has 8 nitrogen and oxygen atoms in total. The van der Waals surface area contributed by atoms with Gasteiger partial charge in [0, 0.05) is 24.9 Å². The molecule has 0 aromatic heterocycles. The second-order valence-electron chi connectivity index (χ2n) is 4.93. The van der Waals surface area contributed by atoms with Crippen molar-refractivity contribution in [3.8, 4) is 5.75 Å². The normalized spacial score (nSPS) is 14.0. The van der Waals surface area contributed by atoms with E-state index < -0.39 is 18.5 Å². The maximum Gasteiger partial charge on any atom is 0.355 e. The number of hydrazone groups is 1. The van der Waals surface area contributed by atoms with Gasteiger partial charge < -0.3 is 14.8 Å². The average Bonchev–Trinajstić information content (AvgIpc) is 2.55. The van der Waals surface area contributed by atoms with Crippen LogP contribution in [0.3, 0.4) is 0 Å². The molecular weight excluding hydrogens is 338 g/mol. The van der Waals surface area contributed by atoms with Crippen LogP contribution < -0.4 is 10.1 Å². The highest BCUT2D eigenvalue weighted by molar-refractivity contribution is 6.37. The van der Waals surface area contributed by atoms with Crippen molar-refractivity contribution in [1.29, 1.82) is 0 Å². The van der Waals surface area contributed by atoms with Gasteiger partial charge in [0.25, 0.3) is 5.91 Å². The van der Waals surface area contributed by atoms with E-state index in [1.54, 1.807) is 12.1 Å². The van der Waals surface area contributed by atoms with Crippen molar-refractivity contribution >= 4 is 40.8 Å². The van der Waals surface area contributed by atoms with Gasteiger partial charge in [-0.2, -0.15) is 5.10 Å². The predicted molar refractivity (Wildman–Crippen MR) is 87.0 cm³/mol. The molecule has 1 aliphatic rings. The van der Waals surface area contributed by atoms with Gasteiger partial charge in [-0.1, -0.05) is 11.6 Å². The van der Waals surface area contributed by atoms with Crippen LogP contribution in [0, 0.1) is 0 Å². The number of benzene rings is 1. The van der Waals surface area contributed by atoms with Crippen LogP contribution in [0.1, 0.15) is 12.8 Å². The highest BCUT2D eigenvalue weighted by Crippen LogP contribution is 2.27. The van der Waals surface area contributed by atoms with Crippen LogP contribution >= 0.6 is 11.6 Å². The van der Waals surface area contributed by atoms with Gasteiger partial charge in [-0.15, -0.1) is 0 Å². The van der Waals surface area contributed by atoms with E-state index in [-0.39, 0.29) is 24.5 Å². The summed E-state index contributed by atoms with van der Waals surface area (Å²) in [5, 5.41) is 7.87. The monoisotopic (exact) mass is 353 g/mol. The number of amides is 2. The lowest BCUT2D eigenvalue weighted by Gasteiger charge is -2.18. The molecule has 2 amide bonds. The molecular formula is C15H16ClN3O5. The molecule has 0 bridgehead atoms. The van der Waals surface area contributed by atoms with Gasteiger partial charge in [0.1, 0.15) is 11.5 Å². The zero-order valence-corrected chi connectivity index (χ0v) is 13.9. The zero-order chi connectivity index (χ0) is 17.7. The minimum absolute atomic E-state index is 0.102. The summed E-state index contributed by atoms with van der Waals surface area (Å²) >= 11 is 5.87. The standard InChI is InChI=1S/C15H16ClN3O5/c1-19-14(21)6-4-10(18-19)15(22)24-8-13(20)17-11-7-9(16)3-5-12(11)23-2/h3,5,7H,4,6,8H2,1-2H3,(H,17,20). The van der Waals surface area contributed by atoms with E-state index in [0.717, 1.165) is 5.01 Å². The third-order valence-corrected chi connectivity index (χ3v) is 3.45. The zero-order valence-electron chi connectivity index (χ0n) is 13.2. The minimum Gasteiger partial charge on any atom is -0.495 e. The number of ether oxygens (including phenoxy) is 2. The Labute approximate surface area is 143 Å². The number of methoxy groups -OCH3 is 1. The lowest BCUT2D eigenvalue weighted by molar-refractivity contribution is -0.141. The molecule has 0 radical (unpaired) electrons. The fraction of sp³-hybridized carbons (Fsp3) is 0.333. The topological polar surface area (TPSA) is 97.3 Å². The van der Waals surface area contributed by atoms with Crippen LogP contribution in [0.25, 0.3) is 0 Å². The summed E-state index contributed by atoms with van der Waals surface area (Å²) in [7, 11) is 2.91. The Bertz CT molecular complexity index is 704. The van der Waals surface area contributed by atoms with Gasteiger partial charge in [-0.25, -0.2) is 9.80 Å². The van der Waals surface area contributed by atoms with Gasteiger partial charge >= 0.3 is 5.97 Å². The van der Waals surface area contributed by atoms with Crippen LogP contribution in [0.2, 0.25) is 5.02 Å². The largest absolute Gasteiger partial charge is 0.495 e. The van der Waals surface area contributed by atoms with Crippen molar-refractivity contribution < 1.29 is 23.9 Å². The molecule has 0 aliphatic carbocycles. The van der Waals surface area contributed by atoms with E-state index in [4.69, 9.17) is 21.1 Å². The van der Waals surface area contributed by atoms with Crippen molar-refractivity contribution in [3.05, 3.63) is 23.2 Å². The molecule has 0 saturated carbocycles. The van der Waals surface area contributed by atoms with Crippen molar-refractivity contribution in [2.24, 2.45) is 5.10 Å². The molecule has 0 spiro atoms. The van der Waals surface area contributed by atoms with E-state index in [1.807, 2.05) is 0 Å². The number of rotatable bonds is 5. The average molecular weight is 354 g/mol. The van der Waals surface area contributed by atoms with Crippen LogP contribution in [-0.2, 0) is 19.1 Å². The molecule has 2 rings (SSSR count). The third-order valence-electron chi connectivity index (χ3n) is 3.21. The fourth-order valence-electron chi connectivity index (χ4n) is 2.00. The van der Waals surface area contributed by atoms with Gasteiger partial charge in [0.05, 0.1) is 12.8 Å². The fourth-order valence-corrected chi connectivity index (χ4v) is 2.17. The number of hydrogen-bond acceptors (Lipinski definition) is 6. The molecule has 0 saturated heterocycles. The lowest BCUT2D eigenvalue weighted by atomic mass is 10.2. The number of esters is 1. The Hall–Kier alpha value is -2.61. The molecule has 1 aromatic rings. The van der Waals surface area contributed by atoms with Crippen LogP contribution in [0.4, 0.5) is 5.69 Å². The molecule has 128 valence electrons. The Morgan fingerprint density at radius 3 is 2.79 bits per heavy atom. The van der Waals surface area contributed by atoms with E-state index in [1.165, 1.54) is 20.2 Å². The molecule has 0 atom stereocenters. The Morgan fingerprint density at radius 2 is 2.12 bits per heavy atom. The first kappa shape index (κ1) is 17.7. The second-order valence-corrected chi connectivity index (χ2v) is 5.37. The van der Waals surface area contributed by atoms with E-state index in [0.29, 0.717) is 16.5 Å². The predicted octanol–water partition coefficient (Wildman–Crippen LogP) is 1.44. The molecule has 1 heterocycles. The van der Waals surface area contributed by atoms with Gasteiger partial charge in [0.15, 0.2) is 6.61 Å². The number of carbonyl (C=O) groups excluding carboxylic acids is 3. The first-order valence-electron chi connectivity index (χ1n) is 7.05. The molecule has 1 aromatic carbocycles. The Balaban J connectivity index is 1.92. The quantitative estimate of drug-likeness (QED) is 0.808. The van der Waals surface area contributed by atoms with E-state index in [9.17, 15) is 14.4 Å². The van der Waals surface area contributed by atoms with E-state index >= 15 is 0 Å². The van der Waals surface area contributed by atoms with Gasteiger partial charge in [-0.3, -0.25) is 9.59 Å². The summed E-state index contributed by atoms with van der Waals surface area (Å²) in [5.74, 6) is -1.04. The summed E-state index contributed by atoms with van der Waals surface area (Å²) in [6.07, 6.45) is 0.363. The Kier molecular flexibility index (Phi) is 5.75. The number of carbonyl (C=O) groups is 3. The number of nitrogens with zero attached hydrogens (tertiary/aromatic N) is 2. The number of nitrogens with one attached hydrogen (secondary N) is 1. The summed E-state index contributed by atoms with van der Waals surface area (Å²) in [6.45, 7) is -0.495. The first-order chi connectivity index (χ1) is 11.4. The summed E-state index contributed by atoms with van der Waals surface area (Å²) in [5.41, 5.74) is 0.469. The summed E-state index contributed by atoms with van der Waals surface area (Å²) in [6, 6.07) is 4.74. The summed E-state index contributed by atoms with van der Waals surface area (Å²) < 4.78 is 10.0. The highest BCUT2D eigenvalue weighted by atomic mass is 35.5. The molecule has 0 unspecified atom stereocenters. The van der Waals surface area contributed by atoms with Crippen LogP contribution in [0.15, 0.2) is 23.3 Å². The van der Waals surface area contributed by atoms with Gasteiger partial charge in [-0.05, 0) is 18.2 Å². The van der Waals surface area contributed by atoms with Crippen LogP contribution in [-0.4, -0.2) is 49.3 Å². The number of anilines is 1. The van der Waals surface area contributed by atoms with Gasteiger partial charge in [0.2, 0.25) is 5.91 Å². The molecule has 1 aliphatic heterocycles. The number of halogens is 1. The maximum atomic E-state index is 11.9. The second kappa shape index (κ2) is 7.78. The smallest absolute Gasteiger partial charge is 0.355 e. The van der Waals surface area contributed by atoms with Crippen molar-refractivity contribution in [2.75, 3.05) is 26.1 Å². The van der Waals surface area contributed by atoms with Crippen molar-refractivity contribution in [3.63, 3.8) is 0 Å². The SMILES string of the molecule is COc1ccc(Cl)cc1NC(=O)COC(=O)C1=NN(C)C(=O)CC1. The van der Waals surface area contributed by atoms with Crippen LogP contribution in [0.5, 0.6) is 5.75 Å². The minimum atomic E-state index is -0.734. The molecule has 24 heavy (non-hydrogen) atoms. The highest BCUT2D eigenvalue weighted by Gasteiger charge is 2.23. The lowest BCUT2D eigenvalue weighted by Crippen LogP contribution is -2.33. The molecule has 0 fully saturated rings. The Morgan fingerprint density at radius 1 is 1.38 bits per heavy atom. The summed E-state index contributed by atoms with van der Waals surface area (Å²) in [4.78, 5) is 35.1. The number of hydrogen-bond donors (Lipinski definition) is 1. The van der Waals surface area contributed by atoms with Crippen molar-refractivity contribution in [1.82, 2.24) is 5.01 Å².